The lowest BCUT2D eigenvalue weighted by molar-refractivity contribution is 0.111. The van der Waals surface area contributed by atoms with Gasteiger partial charge in [0, 0.05) is 39.3 Å². The molecule has 2 N–H and O–H groups in total. The molecule has 0 bridgehead atoms. The smallest absolute Gasteiger partial charge is 0.0811 e. The average Bonchev–Trinajstić information content (AvgIpc) is 2.17. The van der Waals surface area contributed by atoms with Gasteiger partial charge in [0.25, 0.3) is 0 Å². The van der Waals surface area contributed by atoms with E-state index in [2.05, 4.69) is 9.80 Å². The zero-order valence-electron chi connectivity index (χ0n) is 8.02. The van der Waals surface area contributed by atoms with Crippen LogP contribution in [0, 0.1) is 6.61 Å². The SMILES string of the molecule is O[CH]CCN1CCN(CCO)CC1. The molecule has 1 rings (SSSR count). The normalized spacial score (nSPS) is 20.8. The largest absolute Gasteiger partial charge is 0.395 e. The van der Waals surface area contributed by atoms with Gasteiger partial charge >= 0.3 is 0 Å². The van der Waals surface area contributed by atoms with Crippen LogP contribution in [0.2, 0.25) is 0 Å². The molecule has 0 aromatic heterocycles. The van der Waals surface area contributed by atoms with Crippen LogP contribution < -0.4 is 0 Å². The quantitative estimate of drug-likeness (QED) is 0.610. The standard InChI is InChI=1S/C9H19N2O2/c12-8-1-2-10-3-5-11(6-4-10)7-9-13/h8,12-13H,1-7,9H2. The Morgan fingerprint density at radius 3 is 2.00 bits per heavy atom. The Labute approximate surface area is 79.8 Å². The summed E-state index contributed by atoms with van der Waals surface area (Å²) in [6, 6.07) is 0. The van der Waals surface area contributed by atoms with Gasteiger partial charge in [-0.2, -0.15) is 0 Å². The van der Waals surface area contributed by atoms with Crippen LogP contribution in [-0.2, 0) is 0 Å². The maximum absolute atomic E-state index is 8.73. The zero-order valence-corrected chi connectivity index (χ0v) is 8.02. The number of nitrogens with zero attached hydrogens (tertiary/aromatic N) is 2. The summed E-state index contributed by atoms with van der Waals surface area (Å²) in [5.74, 6) is 0. The van der Waals surface area contributed by atoms with E-state index in [0.29, 0.717) is 0 Å². The molecule has 0 unspecified atom stereocenters. The molecule has 0 aliphatic carbocycles. The topological polar surface area (TPSA) is 46.9 Å². The van der Waals surface area contributed by atoms with Gasteiger partial charge in [0.1, 0.15) is 0 Å². The van der Waals surface area contributed by atoms with Crippen LogP contribution in [0.1, 0.15) is 6.42 Å². The molecule has 1 aliphatic heterocycles. The summed E-state index contributed by atoms with van der Waals surface area (Å²) in [6.07, 6.45) is 0.750. The van der Waals surface area contributed by atoms with Crippen LogP contribution in [0.4, 0.5) is 0 Å². The number of rotatable bonds is 5. The summed E-state index contributed by atoms with van der Waals surface area (Å²) < 4.78 is 0. The van der Waals surface area contributed by atoms with E-state index in [-0.39, 0.29) is 6.61 Å². The second-order valence-corrected chi connectivity index (χ2v) is 3.38. The number of hydrogen-bond acceptors (Lipinski definition) is 4. The van der Waals surface area contributed by atoms with E-state index in [1.807, 2.05) is 0 Å². The first kappa shape index (κ1) is 10.9. The third-order valence-electron chi connectivity index (χ3n) is 2.46. The predicted octanol–water partition coefficient (Wildman–Crippen LogP) is -0.479. The van der Waals surface area contributed by atoms with Crippen molar-refractivity contribution in [3.63, 3.8) is 0 Å². The first-order chi connectivity index (χ1) is 6.36. The Balaban J connectivity index is 2.08. The Hall–Kier alpha value is -0.160. The molecule has 1 heterocycles. The summed E-state index contributed by atoms with van der Waals surface area (Å²) in [6.45, 7) is 7.38. The molecule has 0 aromatic carbocycles. The molecule has 4 heteroatoms. The van der Waals surface area contributed by atoms with Gasteiger partial charge in [-0.05, 0) is 6.42 Å². The number of β-amino-alcohol motifs (C(OH)–C–C–N with tert-alkyl or cyclic N) is 1. The van der Waals surface area contributed by atoms with Crippen molar-refractivity contribution < 1.29 is 10.2 Å². The number of hydrogen-bond donors (Lipinski definition) is 2. The summed E-state index contributed by atoms with van der Waals surface area (Å²) in [5.41, 5.74) is 0. The lowest BCUT2D eigenvalue weighted by Gasteiger charge is -2.34. The van der Waals surface area contributed by atoms with Gasteiger partial charge in [-0.25, -0.2) is 0 Å². The molecule has 0 atom stereocenters. The van der Waals surface area contributed by atoms with Crippen molar-refractivity contribution in [3.8, 4) is 0 Å². The van der Waals surface area contributed by atoms with Crippen LogP contribution in [0.5, 0.6) is 0 Å². The van der Waals surface area contributed by atoms with E-state index < -0.39 is 0 Å². The molecular weight excluding hydrogens is 168 g/mol. The third kappa shape index (κ3) is 4.04. The average molecular weight is 187 g/mol. The lowest BCUT2D eigenvalue weighted by Crippen LogP contribution is -2.47. The van der Waals surface area contributed by atoms with E-state index in [1.165, 1.54) is 6.61 Å². The molecule has 77 valence electrons. The van der Waals surface area contributed by atoms with Crippen molar-refractivity contribution in [3.05, 3.63) is 6.61 Å². The second-order valence-electron chi connectivity index (χ2n) is 3.38. The van der Waals surface area contributed by atoms with Crippen LogP contribution in [0.15, 0.2) is 0 Å². The van der Waals surface area contributed by atoms with E-state index in [0.717, 1.165) is 45.7 Å². The fourth-order valence-electron chi connectivity index (χ4n) is 1.62. The zero-order chi connectivity index (χ0) is 9.52. The molecule has 1 aliphatic rings. The van der Waals surface area contributed by atoms with Gasteiger partial charge < -0.3 is 15.1 Å². The van der Waals surface area contributed by atoms with E-state index in [1.54, 1.807) is 0 Å². The summed E-state index contributed by atoms with van der Waals surface area (Å²) in [7, 11) is 0. The summed E-state index contributed by atoms with van der Waals surface area (Å²) >= 11 is 0. The van der Waals surface area contributed by atoms with Gasteiger partial charge in [-0.1, -0.05) is 0 Å². The number of aliphatic hydroxyl groups excluding tert-OH is 2. The molecule has 4 nitrogen and oxygen atoms in total. The minimum atomic E-state index is 0.254. The fourth-order valence-corrected chi connectivity index (χ4v) is 1.62. The highest BCUT2D eigenvalue weighted by molar-refractivity contribution is 4.72. The minimum absolute atomic E-state index is 0.254. The molecular formula is C9H19N2O2. The molecule has 13 heavy (non-hydrogen) atoms. The molecule has 0 amide bonds. The molecule has 1 fully saturated rings. The van der Waals surface area contributed by atoms with E-state index in [4.69, 9.17) is 10.2 Å². The van der Waals surface area contributed by atoms with Crippen molar-refractivity contribution in [2.75, 3.05) is 45.9 Å². The Bertz CT molecular complexity index is 125. The van der Waals surface area contributed by atoms with Crippen molar-refractivity contribution in [1.82, 2.24) is 9.80 Å². The van der Waals surface area contributed by atoms with Crippen LogP contribution in [-0.4, -0.2) is 65.9 Å². The molecule has 0 aromatic rings. The second kappa shape index (κ2) is 6.32. The van der Waals surface area contributed by atoms with Gasteiger partial charge in [-0.3, -0.25) is 4.90 Å². The minimum Gasteiger partial charge on any atom is -0.395 e. The number of aliphatic hydroxyl groups is 2. The Morgan fingerprint density at radius 2 is 1.54 bits per heavy atom. The lowest BCUT2D eigenvalue weighted by atomic mass is 10.3. The predicted molar refractivity (Wildman–Crippen MR) is 50.8 cm³/mol. The maximum Gasteiger partial charge on any atom is 0.0811 e. The van der Waals surface area contributed by atoms with Crippen LogP contribution >= 0.6 is 0 Å². The Morgan fingerprint density at radius 1 is 1.00 bits per heavy atom. The first-order valence-corrected chi connectivity index (χ1v) is 4.88. The maximum atomic E-state index is 8.73. The summed E-state index contributed by atoms with van der Waals surface area (Å²) in [4.78, 5) is 4.60. The highest BCUT2D eigenvalue weighted by atomic mass is 16.3. The number of piperazine rings is 1. The molecule has 0 spiro atoms. The van der Waals surface area contributed by atoms with Crippen molar-refractivity contribution in [2.24, 2.45) is 0 Å². The molecule has 0 saturated carbocycles. The fraction of sp³-hybridized carbons (Fsp3) is 0.889. The van der Waals surface area contributed by atoms with E-state index >= 15 is 0 Å². The van der Waals surface area contributed by atoms with Crippen LogP contribution in [0.3, 0.4) is 0 Å². The van der Waals surface area contributed by atoms with Crippen molar-refractivity contribution in [2.45, 2.75) is 6.42 Å². The summed E-state index contributed by atoms with van der Waals surface area (Å²) in [5, 5.41) is 17.3. The van der Waals surface area contributed by atoms with Crippen molar-refractivity contribution >= 4 is 0 Å². The van der Waals surface area contributed by atoms with Crippen molar-refractivity contribution in [1.29, 1.82) is 0 Å². The third-order valence-corrected chi connectivity index (χ3v) is 2.46. The Kier molecular flexibility index (Phi) is 5.31. The van der Waals surface area contributed by atoms with Gasteiger partial charge in [0.05, 0.1) is 13.2 Å². The first-order valence-electron chi connectivity index (χ1n) is 4.88. The van der Waals surface area contributed by atoms with Gasteiger partial charge in [-0.15, -0.1) is 0 Å². The molecule has 1 radical (unpaired) electrons. The van der Waals surface area contributed by atoms with Crippen LogP contribution in [0.25, 0.3) is 0 Å². The highest BCUT2D eigenvalue weighted by Crippen LogP contribution is 2.01. The highest BCUT2D eigenvalue weighted by Gasteiger charge is 2.15. The monoisotopic (exact) mass is 187 g/mol. The van der Waals surface area contributed by atoms with E-state index in [9.17, 15) is 0 Å². The van der Waals surface area contributed by atoms with Gasteiger partial charge in [0.2, 0.25) is 0 Å². The molecule has 1 saturated heterocycles. The van der Waals surface area contributed by atoms with Gasteiger partial charge in [0.15, 0.2) is 0 Å².